The fourth-order valence-electron chi connectivity index (χ4n) is 2.79. The third-order valence-electron chi connectivity index (χ3n) is 3.99. The first-order valence-corrected chi connectivity index (χ1v) is 12.6. The number of hydrogen-bond acceptors (Lipinski definition) is 4. The normalized spacial score (nSPS) is 12.1. The summed E-state index contributed by atoms with van der Waals surface area (Å²) in [5.74, 6) is 0.103. The van der Waals surface area contributed by atoms with Crippen LogP contribution in [0.3, 0.4) is 0 Å². The minimum absolute atomic E-state index is 0.0180. The van der Waals surface area contributed by atoms with Crippen LogP contribution >= 0.6 is 0 Å². The second-order valence-corrected chi connectivity index (χ2v) is 10.5. The van der Waals surface area contributed by atoms with Crippen molar-refractivity contribution in [2.75, 3.05) is 0 Å². The average Bonchev–Trinajstić information content (AvgIpc) is 2.53. The Kier molecular flexibility index (Phi) is 14.5. The van der Waals surface area contributed by atoms with Crippen LogP contribution in [0.5, 0.6) is 0 Å². The van der Waals surface area contributed by atoms with Crippen molar-refractivity contribution in [3.63, 3.8) is 0 Å². The van der Waals surface area contributed by atoms with Crippen molar-refractivity contribution in [1.82, 2.24) is 0 Å². The third kappa shape index (κ3) is 10.7. The molecule has 0 N–H and O–H groups in total. The Morgan fingerprint density at radius 2 is 1.00 bits per heavy atom. The lowest BCUT2D eigenvalue weighted by Gasteiger charge is -2.16. The third-order valence-corrected chi connectivity index (χ3v) is 7.28. The molecule has 0 bridgehead atoms. The summed E-state index contributed by atoms with van der Waals surface area (Å²) >= 11 is 0. The standard InChI is InChI=1S/C17H36O4Si2/c1-5-9-14(10-6-2)16(18)20-22-13-23-21-17(19)15(11-7-3)12-8-4/h14-15H,5-13,22-23H2,1-4H3. The van der Waals surface area contributed by atoms with E-state index in [4.69, 9.17) is 8.85 Å². The van der Waals surface area contributed by atoms with Crippen LogP contribution in [0, 0.1) is 11.8 Å². The molecular weight excluding hydrogens is 324 g/mol. The van der Waals surface area contributed by atoms with Gasteiger partial charge in [0.05, 0.1) is 11.8 Å². The van der Waals surface area contributed by atoms with Crippen molar-refractivity contribution >= 4 is 31.5 Å². The van der Waals surface area contributed by atoms with E-state index in [1.807, 2.05) is 0 Å². The second kappa shape index (κ2) is 14.9. The van der Waals surface area contributed by atoms with E-state index < -0.39 is 19.5 Å². The summed E-state index contributed by atoms with van der Waals surface area (Å²) in [6, 6.07) is 0. The highest BCUT2D eigenvalue weighted by Gasteiger charge is 2.19. The maximum absolute atomic E-state index is 12.0. The molecule has 0 aromatic carbocycles. The molecule has 0 radical (unpaired) electrons. The number of carbonyl (C=O) groups is 2. The minimum Gasteiger partial charge on any atom is -0.525 e. The van der Waals surface area contributed by atoms with Crippen LogP contribution in [-0.2, 0) is 18.4 Å². The number of hydrogen-bond donors (Lipinski definition) is 0. The smallest absolute Gasteiger partial charge is 0.295 e. The lowest BCUT2D eigenvalue weighted by atomic mass is 9.99. The fraction of sp³-hybridized carbons (Fsp3) is 0.882. The van der Waals surface area contributed by atoms with Crippen LogP contribution in [0.1, 0.15) is 79.1 Å². The molecule has 6 heteroatoms. The molecule has 0 atom stereocenters. The molecule has 0 rings (SSSR count). The lowest BCUT2D eigenvalue weighted by Crippen LogP contribution is -2.23. The van der Waals surface area contributed by atoms with E-state index in [1.54, 1.807) is 0 Å². The Bertz CT molecular complexity index is 282. The largest absolute Gasteiger partial charge is 0.525 e. The van der Waals surface area contributed by atoms with Crippen LogP contribution < -0.4 is 0 Å². The zero-order valence-corrected chi connectivity index (χ0v) is 18.4. The molecule has 0 amide bonds. The zero-order valence-electron chi connectivity index (χ0n) is 15.6. The lowest BCUT2D eigenvalue weighted by molar-refractivity contribution is -0.140. The second-order valence-electron chi connectivity index (χ2n) is 6.24. The van der Waals surface area contributed by atoms with Crippen LogP contribution in [-0.4, -0.2) is 31.5 Å². The summed E-state index contributed by atoms with van der Waals surface area (Å²) in [7, 11) is -1.74. The van der Waals surface area contributed by atoms with Gasteiger partial charge < -0.3 is 8.85 Å². The molecule has 0 spiro atoms. The average molecular weight is 361 g/mol. The Morgan fingerprint density at radius 1 is 0.696 bits per heavy atom. The fourth-order valence-corrected chi connectivity index (χ4v) is 5.29. The van der Waals surface area contributed by atoms with E-state index in [1.165, 1.54) is 0 Å². The summed E-state index contributed by atoms with van der Waals surface area (Å²) in [4.78, 5) is 24.0. The van der Waals surface area contributed by atoms with E-state index in [0.717, 1.165) is 57.0 Å². The predicted molar refractivity (Wildman–Crippen MR) is 101 cm³/mol. The van der Waals surface area contributed by atoms with E-state index in [0.29, 0.717) is 0 Å². The number of rotatable bonds is 14. The van der Waals surface area contributed by atoms with Crippen molar-refractivity contribution in [3.8, 4) is 0 Å². The molecule has 0 heterocycles. The van der Waals surface area contributed by atoms with Crippen molar-refractivity contribution in [2.24, 2.45) is 11.8 Å². The molecule has 23 heavy (non-hydrogen) atoms. The highest BCUT2D eigenvalue weighted by Crippen LogP contribution is 2.16. The van der Waals surface area contributed by atoms with Gasteiger partial charge in [0, 0.05) is 0 Å². The summed E-state index contributed by atoms with van der Waals surface area (Å²) in [6.45, 7) is 8.40. The molecule has 0 saturated carbocycles. The first kappa shape index (κ1) is 22.4. The Balaban J connectivity index is 3.93. The van der Waals surface area contributed by atoms with E-state index in [-0.39, 0.29) is 23.8 Å². The predicted octanol–water partition coefficient (Wildman–Crippen LogP) is 3.05. The van der Waals surface area contributed by atoms with E-state index in [9.17, 15) is 9.59 Å². The summed E-state index contributed by atoms with van der Waals surface area (Å²) < 4.78 is 11.0. The van der Waals surface area contributed by atoms with Gasteiger partial charge in [0.2, 0.25) is 19.5 Å². The molecule has 0 aliphatic carbocycles. The van der Waals surface area contributed by atoms with Crippen LogP contribution in [0.4, 0.5) is 0 Å². The Morgan fingerprint density at radius 3 is 1.26 bits per heavy atom. The molecule has 0 fully saturated rings. The Labute approximate surface area is 147 Å². The molecule has 0 aromatic rings. The van der Waals surface area contributed by atoms with Gasteiger partial charge >= 0.3 is 0 Å². The van der Waals surface area contributed by atoms with Gasteiger partial charge in [-0.15, -0.1) is 0 Å². The molecule has 4 nitrogen and oxygen atoms in total. The number of carbonyl (C=O) groups excluding carboxylic acids is 2. The molecule has 0 aliphatic rings. The molecule has 0 aromatic heterocycles. The molecule has 136 valence electrons. The van der Waals surface area contributed by atoms with Crippen LogP contribution in [0.25, 0.3) is 0 Å². The first-order valence-electron chi connectivity index (χ1n) is 9.43. The molecular formula is C17H36O4Si2. The molecule has 0 unspecified atom stereocenters. The maximum Gasteiger partial charge on any atom is 0.295 e. The first-order chi connectivity index (χ1) is 11.1. The van der Waals surface area contributed by atoms with Gasteiger partial charge in [0.15, 0.2) is 0 Å². The highest BCUT2D eigenvalue weighted by atomic mass is 28.3. The van der Waals surface area contributed by atoms with Gasteiger partial charge in [-0.05, 0) is 31.4 Å². The van der Waals surface area contributed by atoms with Gasteiger partial charge in [-0.25, -0.2) is 0 Å². The zero-order chi connectivity index (χ0) is 17.5. The summed E-state index contributed by atoms with van der Waals surface area (Å²) in [5.41, 5.74) is 0.855. The van der Waals surface area contributed by atoms with Gasteiger partial charge in [-0.3, -0.25) is 9.59 Å². The van der Waals surface area contributed by atoms with Crippen LogP contribution in [0.2, 0.25) is 5.67 Å². The Hall–Kier alpha value is -0.626. The maximum atomic E-state index is 12.0. The highest BCUT2D eigenvalue weighted by molar-refractivity contribution is 6.50. The molecule has 0 saturated heterocycles. The quantitative estimate of drug-likeness (QED) is 0.353. The molecule has 0 aliphatic heterocycles. The van der Waals surface area contributed by atoms with Crippen LogP contribution in [0.15, 0.2) is 0 Å². The van der Waals surface area contributed by atoms with Crippen molar-refractivity contribution in [3.05, 3.63) is 0 Å². The van der Waals surface area contributed by atoms with Gasteiger partial charge in [-0.2, -0.15) is 0 Å². The monoisotopic (exact) mass is 360 g/mol. The summed E-state index contributed by atoms with van der Waals surface area (Å²) in [5, 5.41) is 0. The van der Waals surface area contributed by atoms with Crippen molar-refractivity contribution < 1.29 is 18.4 Å². The van der Waals surface area contributed by atoms with Crippen molar-refractivity contribution in [2.45, 2.75) is 84.7 Å². The minimum atomic E-state index is -0.868. The van der Waals surface area contributed by atoms with E-state index >= 15 is 0 Å². The summed E-state index contributed by atoms with van der Waals surface area (Å²) in [6.07, 6.45) is 7.75. The van der Waals surface area contributed by atoms with Gasteiger partial charge in [-0.1, -0.05) is 53.4 Å². The topological polar surface area (TPSA) is 52.6 Å². The van der Waals surface area contributed by atoms with E-state index in [2.05, 4.69) is 27.7 Å². The van der Waals surface area contributed by atoms with Gasteiger partial charge in [0.25, 0.3) is 11.9 Å². The van der Waals surface area contributed by atoms with Crippen molar-refractivity contribution in [1.29, 1.82) is 0 Å². The SMILES string of the molecule is CCCC(CCC)C(=O)O[SiH2]C[SiH2]OC(=O)C(CCC)CCC. The van der Waals surface area contributed by atoms with Gasteiger partial charge in [0.1, 0.15) is 0 Å².